The van der Waals surface area contributed by atoms with Crippen LogP contribution in [0.25, 0.3) is 0 Å². The molecule has 0 aliphatic rings. The molecule has 0 bridgehead atoms. The maximum Gasteiger partial charge on any atom is 0.273 e. The number of sulfonamides is 1. The second kappa shape index (κ2) is 6.49. The number of nitrogens with zero attached hydrogens (tertiary/aromatic N) is 1. The number of rotatable bonds is 7. The molecular weight excluding hydrogens is 298 g/mol. The molecular formula is C12H17N3O3S2. The number of nitrogens with one attached hydrogen (secondary N) is 2. The largest absolute Gasteiger partial charge is 0.447 e. The Hall–Kier alpha value is -1.22. The maximum absolute atomic E-state index is 12.1. The zero-order chi connectivity index (χ0) is 14.6. The van der Waals surface area contributed by atoms with Crippen molar-refractivity contribution in [1.29, 1.82) is 0 Å². The van der Waals surface area contributed by atoms with E-state index < -0.39 is 10.0 Å². The summed E-state index contributed by atoms with van der Waals surface area (Å²) in [6.07, 6.45) is 1.71. The summed E-state index contributed by atoms with van der Waals surface area (Å²) in [6.45, 7) is 2.71. The Morgan fingerprint density at radius 3 is 2.90 bits per heavy atom. The molecule has 2 aromatic heterocycles. The summed E-state index contributed by atoms with van der Waals surface area (Å²) in [5, 5.41) is 5.62. The van der Waals surface area contributed by atoms with Gasteiger partial charge in [-0.2, -0.15) is 0 Å². The first kappa shape index (κ1) is 15.2. The Balaban J connectivity index is 1.99. The Labute approximate surface area is 122 Å². The second-order valence-electron chi connectivity index (χ2n) is 4.37. The molecule has 0 aromatic carbocycles. The fourth-order valence-electron chi connectivity index (χ4n) is 1.64. The standard InChI is InChI=1S/C12H17N3O3S2/c1-9(12-14-5-6-19-12)7-15-20(16,17)11-4-3-10(18-11)8-13-2/h3-6,9,13,15H,7-8H2,1-2H3. The zero-order valence-electron chi connectivity index (χ0n) is 11.3. The van der Waals surface area contributed by atoms with Gasteiger partial charge < -0.3 is 9.73 Å². The number of hydrogen-bond acceptors (Lipinski definition) is 6. The first-order valence-corrected chi connectivity index (χ1v) is 8.51. The monoisotopic (exact) mass is 315 g/mol. The molecule has 1 unspecified atom stereocenters. The van der Waals surface area contributed by atoms with Crippen LogP contribution in [0.15, 0.2) is 33.2 Å². The molecule has 1 atom stereocenters. The average molecular weight is 315 g/mol. The van der Waals surface area contributed by atoms with Gasteiger partial charge in [-0.3, -0.25) is 0 Å². The summed E-state index contributed by atoms with van der Waals surface area (Å²) in [5.74, 6) is 0.609. The molecule has 0 fully saturated rings. The molecule has 0 aliphatic heterocycles. The van der Waals surface area contributed by atoms with E-state index >= 15 is 0 Å². The highest BCUT2D eigenvalue weighted by atomic mass is 32.2. The molecule has 0 saturated carbocycles. The van der Waals surface area contributed by atoms with Gasteiger partial charge in [-0.05, 0) is 19.2 Å². The lowest BCUT2D eigenvalue weighted by Crippen LogP contribution is -2.27. The quantitative estimate of drug-likeness (QED) is 0.809. The Kier molecular flexibility index (Phi) is 4.92. The van der Waals surface area contributed by atoms with Crippen molar-refractivity contribution in [2.45, 2.75) is 24.5 Å². The zero-order valence-corrected chi connectivity index (χ0v) is 12.9. The first-order valence-electron chi connectivity index (χ1n) is 6.15. The SMILES string of the molecule is CNCc1ccc(S(=O)(=O)NCC(C)c2nccs2)o1. The van der Waals surface area contributed by atoms with E-state index in [0.717, 1.165) is 5.01 Å². The van der Waals surface area contributed by atoms with Gasteiger partial charge in [0.1, 0.15) is 5.76 Å². The molecule has 8 heteroatoms. The highest BCUT2D eigenvalue weighted by molar-refractivity contribution is 7.89. The lowest BCUT2D eigenvalue weighted by atomic mass is 10.2. The van der Waals surface area contributed by atoms with E-state index in [9.17, 15) is 8.42 Å². The van der Waals surface area contributed by atoms with E-state index in [1.807, 2.05) is 12.3 Å². The van der Waals surface area contributed by atoms with Crippen molar-refractivity contribution in [2.24, 2.45) is 0 Å². The molecule has 2 N–H and O–H groups in total. The summed E-state index contributed by atoms with van der Waals surface area (Å²) in [7, 11) is -1.84. The second-order valence-corrected chi connectivity index (χ2v) is 7.00. The summed E-state index contributed by atoms with van der Waals surface area (Å²) < 4.78 is 32.0. The predicted molar refractivity (Wildman–Crippen MR) is 77.2 cm³/mol. The lowest BCUT2D eigenvalue weighted by molar-refractivity contribution is 0.404. The molecule has 2 heterocycles. The molecule has 0 saturated heterocycles. The minimum absolute atomic E-state index is 0.0246. The van der Waals surface area contributed by atoms with Gasteiger partial charge in [0.2, 0.25) is 5.09 Å². The van der Waals surface area contributed by atoms with Crippen LogP contribution in [-0.4, -0.2) is 27.0 Å². The minimum atomic E-state index is -3.61. The van der Waals surface area contributed by atoms with Gasteiger partial charge in [-0.25, -0.2) is 18.1 Å². The molecule has 0 spiro atoms. The average Bonchev–Trinajstić information content (AvgIpc) is 3.07. The van der Waals surface area contributed by atoms with E-state index in [0.29, 0.717) is 12.3 Å². The van der Waals surface area contributed by atoms with Crippen LogP contribution in [0.4, 0.5) is 0 Å². The van der Waals surface area contributed by atoms with Crippen molar-refractivity contribution in [3.05, 3.63) is 34.5 Å². The van der Waals surface area contributed by atoms with Crippen molar-refractivity contribution in [3.8, 4) is 0 Å². The molecule has 2 aromatic rings. The van der Waals surface area contributed by atoms with Gasteiger partial charge in [-0.15, -0.1) is 11.3 Å². The fourth-order valence-corrected chi connectivity index (χ4v) is 3.42. The van der Waals surface area contributed by atoms with Crippen LogP contribution in [0.1, 0.15) is 23.6 Å². The molecule has 20 heavy (non-hydrogen) atoms. The summed E-state index contributed by atoms with van der Waals surface area (Å²) in [5.41, 5.74) is 0. The normalized spacial score (nSPS) is 13.5. The van der Waals surface area contributed by atoms with Gasteiger partial charge in [0.15, 0.2) is 0 Å². The summed E-state index contributed by atoms with van der Waals surface area (Å²) in [6, 6.07) is 3.11. The van der Waals surface area contributed by atoms with Gasteiger partial charge in [0.25, 0.3) is 10.0 Å². The summed E-state index contributed by atoms with van der Waals surface area (Å²) >= 11 is 1.51. The third-order valence-electron chi connectivity index (χ3n) is 2.71. The fraction of sp³-hybridized carbons (Fsp3) is 0.417. The number of aromatic nitrogens is 1. The smallest absolute Gasteiger partial charge is 0.273 e. The molecule has 2 rings (SSSR count). The van der Waals surface area contributed by atoms with Crippen molar-refractivity contribution in [1.82, 2.24) is 15.0 Å². The van der Waals surface area contributed by atoms with Crippen LogP contribution in [0.2, 0.25) is 0 Å². The van der Waals surface area contributed by atoms with Gasteiger partial charge in [0.05, 0.1) is 11.6 Å². The third-order valence-corrected chi connectivity index (χ3v) is 5.01. The van der Waals surface area contributed by atoms with Gasteiger partial charge in [0, 0.05) is 24.0 Å². The lowest BCUT2D eigenvalue weighted by Gasteiger charge is -2.09. The Bertz CT molecular complexity index is 635. The van der Waals surface area contributed by atoms with Crippen molar-refractivity contribution < 1.29 is 12.8 Å². The summed E-state index contributed by atoms with van der Waals surface area (Å²) in [4.78, 5) is 4.17. The van der Waals surface area contributed by atoms with E-state index in [2.05, 4.69) is 15.0 Å². The van der Waals surface area contributed by atoms with Crippen LogP contribution in [0.3, 0.4) is 0 Å². The Morgan fingerprint density at radius 2 is 2.25 bits per heavy atom. The van der Waals surface area contributed by atoms with Gasteiger partial charge in [-0.1, -0.05) is 6.92 Å². The van der Waals surface area contributed by atoms with Crippen LogP contribution in [0.5, 0.6) is 0 Å². The molecule has 0 amide bonds. The molecule has 0 radical (unpaired) electrons. The number of furan rings is 1. The van der Waals surface area contributed by atoms with E-state index in [4.69, 9.17) is 4.42 Å². The van der Waals surface area contributed by atoms with E-state index in [1.54, 1.807) is 19.3 Å². The van der Waals surface area contributed by atoms with Crippen molar-refractivity contribution >= 4 is 21.4 Å². The third kappa shape index (κ3) is 3.66. The van der Waals surface area contributed by atoms with Crippen LogP contribution >= 0.6 is 11.3 Å². The van der Waals surface area contributed by atoms with E-state index in [1.165, 1.54) is 17.4 Å². The van der Waals surface area contributed by atoms with E-state index in [-0.39, 0.29) is 17.6 Å². The Morgan fingerprint density at radius 1 is 1.45 bits per heavy atom. The molecule has 6 nitrogen and oxygen atoms in total. The van der Waals surface area contributed by atoms with Crippen molar-refractivity contribution in [3.63, 3.8) is 0 Å². The molecule has 0 aliphatic carbocycles. The maximum atomic E-state index is 12.1. The van der Waals surface area contributed by atoms with Gasteiger partial charge >= 0.3 is 0 Å². The predicted octanol–water partition coefficient (Wildman–Crippen LogP) is 1.54. The first-order chi connectivity index (χ1) is 9.53. The molecule has 110 valence electrons. The number of hydrogen-bond donors (Lipinski definition) is 2. The van der Waals surface area contributed by atoms with Crippen LogP contribution in [-0.2, 0) is 16.6 Å². The highest BCUT2D eigenvalue weighted by Crippen LogP contribution is 2.18. The number of thiazole rings is 1. The highest BCUT2D eigenvalue weighted by Gasteiger charge is 2.20. The minimum Gasteiger partial charge on any atom is -0.447 e. The van der Waals surface area contributed by atoms with Crippen LogP contribution < -0.4 is 10.0 Å². The topological polar surface area (TPSA) is 84.2 Å². The van der Waals surface area contributed by atoms with Crippen molar-refractivity contribution in [2.75, 3.05) is 13.6 Å². The van der Waals surface area contributed by atoms with Crippen LogP contribution in [0, 0.1) is 0 Å².